The van der Waals surface area contributed by atoms with Gasteiger partial charge < -0.3 is 9.26 Å². The van der Waals surface area contributed by atoms with E-state index in [0.717, 1.165) is 39.5 Å². The van der Waals surface area contributed by atoms with Crippen LogP contribution in [0.15, 0.2) is 81.9 Å². The molecule has 6 heteroatoms. The molecular formula is C28H26Cl2N2O2. The molecule has 0 saturated carbocycles. The van der Waals surface area contributed by atoms with Gasteiger partial charge >= 0.3 is 0 Å². The van der Waals surface area contributed by atoms with Gasteiger partial charge in [-0.3, -0.25) is 4.99 Å². The van der Waals surface area contributed by atoms with Crippen molar-refractivity contribution >= 4 is 34.5 Å². The Kier molecular flexibility index (Phi) is 7.40. The molecule has 3 aromatic rings. The van der Waals surface area contributed by atoms with E-state index in [4.69, 9.17) is 32.5 Å². The van der Waals surface area contributed by atoms with Crippen LogP contribution in [0.1, 0.15) is 43.6 Å². The molecule has 4 nitrogen and oxygen atoms in total. The second kappa shape index (κ2) is 10.5. The highest BCUT2D eigenvalue weighted by Crippen LogP contribution is 2.39. The van der Waals surface area contributed by atoms with E-state index in [-0.39, 0.29) is 12.5 Å². The lowest BCUT2D eigenvalue weighted by Crippen LogP contribution is -2.02. The van der Waals surface area contributed by atoms with Gasteiger partial charge in [-0.05, 0) is 60.1 Å². The molecular weight excluding hydrogens is 467 g/mol. The minimum absolute atomic E-state index is 0.130. The summed E-state index contributed by atoms with van der Waals surface area (Å²) in [6, 6.07) is 13.4. The molecule has 0 unspecified atom stereocenters. The predicted molar refractivity (Wildman–Crippen MR) is 141 cm³/mol. The Balaban J connectivity index is 1.57. The van der Waals surface area contributed by atoms with Crippen LogP contribution < -0.4 is 4.74 Å². The molecule has 2 aromatic carbocycles. The first-order valence-corrected chi connectivity index (χ1v) is 11.9. The first-order valence-electron chi connectivity index (χ1n) is 11.1. The summed E-state index contributed by atoms with van der Waals surface area (Å²) in [5, 5.41) is 5.33. The molecule has 34 heavy (non-hydrogen) atoms. The van der Waals surface area contributed by atoms with Crippen LogP contribution >= 0.6 is 23.2 Å². The van der Waals surface area contributed by atoms with Crippen LogP contribution in [-0.2, 0) is 6.61 Å². The van der Waals surface area contributed by atoms with E-state index < -0.39 is 0 Å². The first-order chi connectivity index (χ1) is 16.4. The van der Waals surface area contributed by atoms with Gasteiger partial charge in [-0.25, -0.2) is 0 Å². The third-order valence-electron chi connectivity index (χ3n) is 5.69. The molecule has 1 heterocycles. The van der Waals surface area contributed by atoms with Crippen LogP contribution in [0.3, 0.4) is 0 Å². The second-order valence-electron chi connectivity index (χ2n) is 8.22. The fourth-order valence-electron chi connectivity index (χ4n) is 3.90. The summed E-state index contributed by atoms with van der Waals surface area (Å²) in [7, 11) is 1.81. The molecule has 4 rings (SSSR count). The fourth-order valence-corrected chi connectivity index (χ4v) is 4.48. The van der Waals surface area contributed by atoms with Crippen LogP contribution in [0, 0.1) is 0 Å². The van der Waals surface area contributed by atoms with Crippen molar-refractivity contribution in [1.29, 1.82) is 0 Å². The Morgan fingerprint density at radius 3 is 2.38 bits per heavy atom. The van der Waals surface area contributed by atoms with Crippen LogP contribution in [-0.4, -0.2) is 17.9 Å². The molecule has 0 aliphatic heterocycles. The molecule has 0 fully saturated rings. The lowest BCUT2D eigenvalue weighted by atomic mass is 9.95. The van der Waals surface area contributed by atoms with Gasteiger partial charge in [0.2, 0.25) is 0 Å². The van der Waals surface area contributed by atoms with Crippen molar-refractivity contribution < 1.29 is 9.26 Å². The van der Waals surface area contributed by atoms with E-state index in [9.17, 15) is 0 Å². The molecule has 1 aliphatic carbocycles. The molecule has 0 amide bonds. The number of aromatic nitrogens is 1. The van der Waals surface area contributed by atoms with Gasteiger partial charge in [-0.2, -0.15) is 0 Å². The minimum Gasteiger partial charge on any atom is -0.489 e. The Morgan fingerprint density at radius 1 is 1.06 bits per heavy atom. The van der Waals surface area contributed by atoms with Crippen molar-refractivity contribution in [3.8, 4) is 17.0 Å². The maximum atomic E-state index is 6.44. The Labute approximate surface area is 210 Å². The van der Waals surface area contributed by atoms with E-state index in [1.807, 2.05) is 25.1 Å². The van der Waals surface area contributed by atoms with E-state index in [0.29, 0.717) is 21.3 Å². The molecule has 1 aromatic heterocycles. The van der Waals surface area contributed by atoms with E-state index >= 15 is 0 Å². The standard InChI is InChI=1S/C28H26Cl2N2O2/c1-5-18-15-20(11-14-25(18)31-4)19-9-12-21(13-10-19)33-16-22-27(32-34-28(22)17(2)3)26-23(29)7-6-8-24(26)30/h5-15,17H,16H2,1-4H3/b18-5-,31-25-. The third kappa shape index (κ3) is 4.89. The third-order valence-corrected chi connectivity index (χ3v) is 6.32. The van der Waals surface area contributed by atoms with Gasteiger partial charge in [-0.15, -0.1) is 0 Å². The number of ether oxygens (including phenoxy) is 1. The quantitative estimate of drug-likeness (QED) is 0.347. The van der Waals surface area contributed by atoms with Crippen LogP contribution in [0.4, 0.5) is 0 Å². The molecule has 1 aliphatic rings. The predicted octanol–water partition coefficient (Wildman–Crippen LogP) is 8.32. The SMILES string of the molecule is C/C=C1/C=C(c2ccc(OCc3c(-c4c(Cl)cccc4Cl)noc3C(C)C)cc2)C=C/C1=N/C. The number of allylic oxidation sites excluding steroid dienone is 6. The maximum Gasteiger partial charge on any atom is 0.146 e. The molecule has 174 valence electrons. The van der Waals surface area contributed by atoms with Crippen LogP contribution in [0.2, 0.25) is 10.0 Å². The summed E-state index contributed by atoms with van der Waals surface area (Å²) in [5.41, 5.74) is 6.44. The van der Waals surface area contributed by atoms with Crippen LogP contribution in [0.25, 0.3) is 16.8 Å². The van der Waals surface area contributed by atoms with Crippen molar-refractivity contribution in [2.45, 2.75) is 33.3 Å². The van der Waals surface area contributed by atoms with Gasteiger partial charge in [0, 0.05) is 18.5 Å². The van der Waals surface area contributed by atoms with Gasteiger partial charge in [0.05, 0.1) is 21.3 Å². The van der Waals surface area contributed by atoms with Crippen molar-refractivity contribution in [3.63, 3.8) is 0 Å². The van der Waals surface area contributed by atoms with Gasteiger partial charge in [0.1, 0.15) is 23.8 Å². The largest absolute Gasteiger partial charge is 0.489 e. The Hall–Kier alpha value is -3.08. The zero-order chi connectivity index (χ0) is 24.2. The summed E-state index contributed by atoms with van der Waals surface area (Å²) in [6.07, 6.45) is 8.33. The lowest BCUT2D eigenvalue weighted by molar-refractivity contribution is 0.298. The van der Waals surface area contributed by atoms with Crippen molar-refractivity contribution in [2.24, 2.45) is 4.99 Å². The van der Waals surface area contributed by atoms with Gasteiger partial charge in [0.15, 0.2) is 0 Å². The Bertz CT molecular complexity index is 1290. The molecule has 0 bridgehead atoms. The molecule has 0 N–H and O–H groups in total. The highest BCUT2D eigenvalue weighted by atomic mass is 35.5. The summed E-state index contributed by atoms with van der Waals surface area (Å²) in [6.45, 7) is 6.41. The van der Waals surface area contributed by atoms with E-state index in [1.54, 1.807) is 25.2 Å². The van der Waals surface area contributed by atoms with Crippen molar-refractivity contribution in [3.05, 3.63) is 99.3 Å². The first kappa shape index (κ1) is 24.1. The summed E-state index contributed by atoms with van der Waals surface area (Å²) >= 11 is 12.9. The van der Waals surface area contributed by atoms with Crippen molar-refractivity contribution in [2.75, 3.05) is 7.05 Å². The van der Waals surface area contributed by atoms with Crippen molar-refractivity contribution in [1.82, 2.24) is 5.16 Å². The summed E-state index contributed by atoms with van der Waals surface area (Å²) in [4.78, 5) is 4.32. The smallest absolute Gasteiger partial charge is 0.146 e. The average molecular weight is 493 g/mol. The summed E-state index contributed by atoms with van der Waals surface area (Å²) in [5.74, 6) is 1.64. The zero-order valence-electron chi connectivity index (χ0n) is 19.6. The number of hydrogen-bond acceptors (Lipinski definition) is 4. The maximum absolute atomic E-state index is 6.44. The fraction of sp³-hybridized carbons (Fsp3) is 0.214. The highest BCUT2D eigenvalue weighted by molar-refractivity contribution is 6.39. The zero-order valence-corrected chi connectivity index (χ0v) is 21.1. The second-order valence-corrected chi connectivity index (χ2v) is 9.04. The molecule has 0 radical (unpaired) electrons. The van der Waals surface area contributed by atoms with Gasteiger partial charge in [-0.1, -0.05) is 72.6 Å². The van der Waals surface area contributed by atoms with E-state index in [2.05, 4.69) is 54.4 Å². The minimum atomic E-state index is 0.130. The lowest BCUT2D eigenvalue weighted by Gasteiger charge is -2.13. The molecule has 0 atom stereocenters. The number of nitrogens with zero attached hydrogens (tertiary/aromatic N) is 2. The topological polar surface area (TPSA) is 47.6 Å². The van der Waals surface area contributed by atoms with E-state index in [1.165, 1.54) is 0 Å². The number of halogens is 2. The van der Waals surface area contributed by atoms with Gasteiger partial charge in [0.25, 0.3) is 0 Å². The van der Waals surface area contributed by atoms with Crippen LogP contribution in [0.5, 0.6) is 5.75 Å². The molecule has 0 saturated heterocycles. The number of rotatable bonds is 6. The summed E-state index contributed by atoms with van der Waals surface area (Å²) < 4.78 is 11.8. The Morgan fingerprint density at radius 2 is 1.76 bits per heavy atom. The number of hydrogen-bond donors (Lipinski definition) is 0. The number of aliphatic imine (C=N–C) groups is 1. The normalized spacial score (nSPS) is 15.9. The molecule has 0 spiro atoms. The average Bonchev–Trinajstić information content (AvgIpc) is 3.26. The highest BCUT2D eigenvalue weighted by Gasteiger charge is 2.23. The number of benzene rings is 2. The monoisotopic (exact) mass is 492 g/mol.